The SMILES string of the molecule is O=S(=O)(Cc1cccc(F)c1)c1n[nH]c2cc(F)ccc12. The van der Waals surface area contributed by atoms with Gasteiger partial charge >= 0.3 is 0 Å². The van der Waals surface area contributed by atoms with Crippen molar-refractivity contribution < 1.29 is 17.2 Å². The molecule has 2 aromatic carbocycles. The molecule has 0 spiro atoms. The summed E-state index contributed by atoms with van der Waals surface area (Å²) in [4.78, 5) is 0. The fourth-order valence-corrected chi connectivity index (χ4v) is 3.57. The lowest BCUT2D eigenvalue weighted by Gasteiger charge is -2.02. The second-order valence-electron chi connectivity index (χ2n) is 4.61. The fourth-order valence-electron chi connectivity index (χ4n) is 2.12. The lowest BCUT2D eigenvalue weighted by Crippen LogP contribution is -2.06. The minimum Gasteiger partial charge on any atom is -0.276 e. The van der Waals surface area contributed by atoms with E-state index >= 15 is 0 Å². The summed E-state index contributed by atoms with van der Waals surface area (Å²) in [6.07, 6.45) is 0. The number of benzene rings is 2. The number of aromatic amines is 1. The van der Waals surface area contributed by atoms with Gasteiger partial charge in [0.25, 0.3) is 0 Å². The van der Waals surface area contributed by atoms with E-state index < -0.39 is 21.5 Å². The maximum Gasteiger partial charge on any atom is 0.202 e. The second-order valence-corrected chi connectivity index (χ2v) is 6.51. The van der Waals surface area contributed by atoms with Crippen LogP contribution in [0.3, 0.4) is 0 Å². The first-order chi connectivity index (χ1) is 9.95. The van der Waals surface area contributed by atoms with E-state index in [0.717, 1.165) is 6.07 Å². The van der Waals surface area contributed by atoms with E-state index in [1.807, 2.05) is 0 Å². The first-order valence-corrected chi connectivity index (χ1v) is 7.72. The number of hydrogen-bond donors (Lipinski definition) is 1. The minimum absolute atomic E-state index is 0.165. The molecule has 108 valence electrons. The van der Waals surface area contributed by atoms with Crippen LogP contribution in [0.4, 0.5) is 8.78 Å². The molecule has 1 aromatic heterocycles. The summed E-state index contributed by atoms with van der Waals surface area (Å²) in [5.41, 5.74) is 0.626. The molecule has 0 aliphatic carbocycles. The smallest absolute Gasteiger partial charge is 0.202 e. The van der Waals surface area contributed by atoms with E-state index in [0.29, 0.717) is 16.5 Å². The number of hydrogen-bond acceptors (Lipinski definition) is 3. The minimum atomic E-state index is -3.76. The van der Waals surface area contributed by atoms with Crippen molar-refractivity contribution in [2.75, 3.05) is 0 Å². The Hall–Kier alpha value is -2.28. The zero-order valence-corrected chi connectivity index (χ0v) is 11.5. The van der Waals surface area contributed by atoms with Gasteiger partial charge < -0.3 is 0 Å². The van der Waals surface area contributed by atoms with Gasteiger partial charge in [0, 0.05) is 5.39 Å². The summed E-state index contributed by atoms with van der Waals surface area (Å²) in [6.45, 7) is 0. The van der Waals surface area contributed by atoms with Crippen LogP contribution in [0.15, 0.2) is 47.5 Å². The summed E-state index contributed by atoms with van der Waals surface area (Å²) in [5.74, 6) is -1.36. The molecule has 3 aromatic rings. The Labute approximate surface area is 119 Å². The Kier molecular flexibility index (Phi) is 3.21. The molecule has 7 heteroatoms. The quantitative estimate of drug-likeness (QED) is 0.809. The Bertz CT molecular complexity index is 920. The van der Waals surface area contributed by atoms with E-state index in [-0.39, 0.29) is 10.8 Å². The maximum absolute atomic E-state index is 13.1. The first-order valence-electron chi connectivity index (χ1n) is 6.06. The summed E-state index contributed by atoms with van der Waals surface area (Å²) in [6, 6.07) is 9.05. The van der Waals surface area contributed by atoms with Gasteiger partial charge in [0.1, 0.15) is 11.6 Å². The molecule has 0 fully saturated rings. The van der Waals surface area contributed by atoms with Crippen molar-refractivity contribution in [3.63, 3.8) is 0 Å². The number of nitrogens with one attached hydrogen (secondary N) is 1. The summed E-state index contributed by atoms with van der Waals surface area (Å²) >= 11 is 0. The third-order valence-electron chi connectivity index (χ3n) is 3.03. The number of nitrogens with zero attached hydrogens (tertiary/aromatic N) is 1. The Morgan fingerprint density at radius 2 is 1.81 bits per heavy atom. The number of halogens is 2. The predicted molar refractivity (Wildman–Crippen MR) is 73.3 cm³/mol. The molecule has 21 heavy (non-hydrogen) atoms. The normalized spacial score (nSPS) is 11.9. The molecule has 0 bridgehead atoms. The lowest BCUT2D eigenvalue weighted by molar-refractivity contribution is 0.591. The van der Waals surface area contributed by atoms with Gasteiger partial charge in [0.2, 0.25) is 9.84 Å². The number of aromatic nitrogens is 2. The molecule has 1 heterocycles. The fraction of sp³-hybridized carbons (Fsp3) is 0.0714. The number of rotatable bonds is 3. The molecule has 0 saturated heterocycles. The highest BCUT2D eigenvalue weighted by Gasteiger charge is 2.22. The molecule has 0 radical (unpaired) electrons. The lowest BCUT2D eigenvalue weighted by atomic mass is 10.2. The molecular weight excluding hydrogens is 298 g/mol. The van der Waals surface area contributed by atoms with Gasteiger partial charge in [-0.25, -0.2) is 17.2 Å². The van der Waals surface area contributed by atoms with Gasteiger partial charge in [0.15, 0.2) is 5.03 Å². The number of sulfone groups is 1. The molecule has 0 amide bonds. The van der Waals surface area contributed by atoms with Crippen molar-refractivity contribution >= 4 is 20.7 Å². The van der Waals surface area contributed by atoms with Crippen LogP contribution in [0, 0.1) is 11.6 Å². The average Bonchev–Trinajstić information content (AvgIpc) is 2.81. The standard InChI is InChI=1S/C14H10F2N2O2S/c15-10-3-1-2-9(6-10)8-21(19,20)14-12-5-4-11(16)7-13(12)17-18-14/h1-7H,8H2,(H,17,18). The predicted octanol–water partition coefficient (Wildman–Crippen LogP) is 2.82. The van der Waals surface area contributed by atoms with Crippen molar-refractivity contribution in [2.45, 2.75) is 10.8 Å². The highest BCUT2D eigenvalue weighted by molar-refractivity contribution is 7.90. The van der Waals surface area contributed by atoms with Crippen molar-refractivity contribution in [2.24, 2.45) is 0 Å². The van der Waals surface area contributed by atoms with E-state index in [1.165, 1.54) is 36.4 Å². The molecule has 4 nitrogen and oxygen atoms in total. The van der Waals surface area contributed by atoms with Gasteiger partial charge in [-0.1, -0.05) is 12.1 Å². The van der Waals surface area contributed by atoms with E-state index in [4.69, 9.17) is 0 Å². The van der Waals surface area contributed by atoms with Crippen LogP contribution in [-0.2, 0) is 15.6 Å². The second kappa shape index (κ2) is 4.92. The van der Waals surface area contributed by atoms with E-state index in [9.17, 15) is 17.2 Å². The highest BCUT2D eigenvalue weighted by atomic mass is 32.2. The molecule has 0 aliphatic rings. The van der Waals surface area contributed by atoms with Crippen molar-refractivity contribution in [3.05, 3.63) is 59.7 Å². The molecule has 1 N–H and O–H groups in total. The van der Waals surface area contributed by atoms with Crippen LogP contribution < -0.4 is 0 Å². The third kappa shape index (κ3) is 2.64. The Morgan fingerprint density at radius 3 is 2.57 bits per heavy atom. The molecule has 0 unspecified atom stereocenters. The van der Waals surface area contributed by atoms with Gasteiger partial charge in [-0.2, -0.15) is 5.10 Å². The van der Waals surface area contributed by atoms with Gasteiger partial charge in [-0.05, 0) is 35.9 Å². The summed E-state index contributed by atoms with van der Waals surface area (Å²) < 4.78 is 51.0. The molecule has 0 atom stereocenters. The third-order valence-corrected chi connectivity index (χ3v) is 4.64. The summed E-state index contributed by atoms with van der Waals surface area (Å²) in [5, 5.41) is 6.39. The molecular formula is C14H10F2N2O2S. The highest BCUT2D eigenvalue weighted by Crippen LogP contribution is 2.24. The first kappa shape index (κ1) is 13.7. The average molecular weight is 308 g/mol. The summed E-state index contributed by atoms with van der Waals surface area (Å²) in [7, 11) is -3.76. The number of H-pyrrole nitrogens is 1. The zero-order valence-electron chi connectivity index (χ0n) is 10.7. The van der Waals surface area contributed by atoms with Crippen molar-refractivity contribution in [1.29, 1.82) is 0 Å². The Morgan fingerprint density at radius 1 is 1.05 bits per heavy atom. The number of fused-ring (bicyclic) bond motifs is 1. The monoisotopic (exact) mass is 308 g/mol. The topological polar surface area (TPSA) is 62.8 Å². The van der Waals surface area contributed by atoms with Crippen molar-refractivity contribution in [1.82, 2.24) is 10.2 Å². The van der Waals surface area contributed by atoms with Crippen LogP contribution in [0.5, 0.6) is 0 Å². The van der Waals surface area contributed by atoms with Crippen LogP contribution in [0.1, 0.15) is 5.56 Å². The van der Waals surface area contributed by atoms with Crippen molar-refractivity contribution in [3.8, 4) is 0 Å². The van der Waals surface area contributed by atoms with Crippen LogP contribution in [0.2, 0.25) is 0 Å². The van der Waals surface area contributed by atoms with Gasteiger partial charge in [-0.3, -0.25) is 5.10 Å². The largest absolute Gasteiger partial charge is 0.276 e. The van der Waals surface area contributed by atoms with Crippen LogP contribution >= 0.6 is 0 Å². The van der Waals surface area contributed by atoms with E-state index in [1.54, 1.807) is 0 Å². The molecule has 3 rings (SSSR count). The van der Waals surface area contributed by atoms with Gasteiger partial charge in [0.05, 0.1) is 11.3 Å². The van der Waals surface area contributed by atoms with E-state index in [2.05, 4.69) is 10.2 Å². The van der Waals surface area contributed by atoms with Crippen LogP contribution in [0.25, 0.3) is 10.9 Å². The Balaban J connectivity index is 2.04. The van der Waals surface area contributed by atoms with Crippen LogP contribution in [-0.4, -0.2) is 18.6 Å². The molecule has 0 aliphatic heterocycles. The molecule has 0 saturated carbocycles. The zero-order chi connectivity index (χ0) is 15.0. The van der Waals surface area contributed by atoms with Gasteiger partial charge in [-0.15, -0.1) is 0 Å². The maximum atomic E-state index is 13.1.